The molecule has 0 radical (unpaired) electrons. The quantitative estimate of drug-likeness (QED) is 0.368. The van der Waals surface area contributed by atoms with Gasteiger partial charge in [-0.15, -0.1) is 0 Å². The van der Waals surface area contributed by atoms with E-state index in [0.29, 0.717) is 11.5 Å². The monoisotopic (exact) mass is 304 g/mol. The van der Waals surface area contributed by atoms with Gasteiger partial charge in [-0.2, -0.15) is 0 Å². The smallest absolute Gasteiger partial charge is 0.287 e. The number of furan rings is 1. The van der Waals surface area contributed by atoms with Crippen LogP contribution in [0.25, 0.3) is 10.4 Å². The van der Waals surface area contributed by atoms with E-state index in [4.69, 9.17) is 14.7 Å². The van der Waals surface area contributed by atoms with Gasteiger partial charge in [-0.25, -0.2) is 4.39 Å². The molecule has 22 heavy (non-hydrogen) atoms. The molecule has 0 aliphatic carbocycles. The van der Waals surface area contributed by atoms with Crippen LogP contribution >= 0.6 is 0 Å². The lowest BCUT2D eigenvalue weighted by molar-refractivity contribution is 0.0917. The molecule has 114 valence electrons. The predicted molar refractivity (Wildman–Crippen MR) is 75.8 cm³/mol. The standard InChI is InChI=1S/C14H13FN4O3/c15-10-1-3-11(4-2-10)21-8-7-17-14(20)13-6-5-12(22-13)9-18-19-16/h1-6H,7-9H2,(H,17,20). The SMILES string of the molecule is [N-]=[N+]=NCc1ccc(C(=O)NCCOc2ccc(F)cc2)o1. The fraction of sp³-hybridized carbons (Fsp3) is 0.214. The zero-order valence-electron chi connectivity index (χ0n) is 11.5. The van der Waals surface area contributed by atoms with E-state index in [9.17, 15) is 9.18 Å². The highest BCUT2D eigenvalue weighted by Crippen LogP contribution is 2.11. The Kier molecular flexibility index (Phi) is 5.39. The number of carbonyl (C=O) groups excluding carboxylic acids is 1. The second-order valence-electron chi connectivity index (χ2n) is 4.21. The summed E-state index contributed by atoms with van der Waals surface area (Å²) in [4.78, 5) is 14.4. The molecule has 1 aromatic carbocycles. The van der Waals surface area contributed by atoms with E-state index in [0.717, 1.165) is 0 Å². The Morgan fingerprint density at radius 1 is 1.32 bits per heavy atom. The van der Waals surface area contributed by atoms with Crippen molar-refractivity contribution in [2.45, 2.75) is 6.54 Å². The third kappa shape index (κ3) is 4.53. The maximum atomic E-state index is 12.7. The van der Waals surface area contributed by atoms with Crippen molar-refractivity contribution in [3.8, 4) is 5.75 Å². The van der Waals surface area contributed by atoms with E-state index >= 15 is 0 Å². The molecule has 1 aromatic heterocycles. The number of halogens is 1. The molecule has 0 saturated heterocycles. The minimum atomic E-state index is -0.394. The Labute approximate surface area is 125 Å². The highest BCUT2D eigenvalue weighted by atomic mass is 19.1. The average Bonchev–Trinajstić information content (AvgIpc) is 3.00. The first-order valence-electron chi connectivity index (χ1n) is 6.45. The molecule has 0 atom stereocenters. The number of rotatable bonds is 7. The van der Waals surface area contributed by atoms with E-state index in [1.165, 1.54) is 30.3 Å². The molecular formula is C14H13FN4O3. The van der Waals surface area contributed by atoms with Crippen molar-refractivity contribution in [1.29, 1.82) is 0 Å². The topological polar surface area (TPSA) is 100 Å². The third-order valence-corrected chi connectivity index (χ3v) is 2.65. The van der Waals surface area contributed by atoms with Gasteiger partial charge >= 0.3 is 0 Å². The fourth-order valence-electron chi connectivity index (χ4n) is 1.64. The Bertz CT molecular complexity index is 678. The predicted octanol–water partition coefficient (Wildman–Crippen LogP) is 3.04. The van der Waals surface area contributed by atoms with E-state index in [1.807, 2.05) is 0 Å². The van der Waals surface area contributed by atoms with Crippen LogP contribution in [-0.4, -0.2) is 19.1 Å². The van der Waals surface area contributed by atoms with Gasteiger partial charge in [-0.1, -0.05) is 5.11 Å². The van der Waals surface area contributed by atoms with E-state index in [-0.39, 0.29) is 31.3 Å². The van der Waals surface area contributed by atoms with Gasteiger partial charge in [0.1, 0.15) is 23.9 Å². The lowest BCUT2D eigenvalue weighted by atomic mass is 10.3. The fourth-order valence-corrected chi connectivity index (χ4v) is 1.64. The molecule has 8 heteroatoms. The molecule has 0 spiro atoms. The first-order valence-corrected chi connectivity index (χ1v) is 6.45. The van der Waals surface area contributed by atoms with E-state index in [2.05, 4.69) is 15.3 Å². The third-order valence-electron chi connectivity index (χ3n) is 2.65. The molecule has 0 aliphatic rings. The van der Waals surface area contributed by atoms with Gasteiger partial charge in [0.25, 0.3) is 5.91 Å². The van der Waals surface area contributed by atoms with Gasteiger partial charge in [-0.05, 0) is 41.9 Å². The molecule has 1 N–H and O–H groups in total. The molecule has 0 fully saturated rings. The Hall–Kier alpha value is -2.99. The van der Waals surface area contributed by atoms with Crippen LogP contribution in [0.15, 0.2) is 45.9 Å². The number of amides is 1. The number of nitrogens with one attached hydrogen (secondary N) is 1. The zero-order valence-corrected chi connectivity index (χ0v) is 11.5. The summed E-state index contributed by atoms with van der Waals surface area (Å²) in [7, 11) is 0. The van der Waals surface area contributed by atoms with Gasteiger partial charge in [-0.3, -0.25) is 4.79 Å². The molecule has 0 saturated carbocycles. The van der Waals surface area contributed by atoms with Gasteiger partial charge in [0, 0.05) is 4.91 Å². The first kappa shape index (κ1) is 15.4. The Morgan fingerprint density at radius 3 is 2.82 bits per heavy atom. The number of ether oxygens (including phenoxy) is 1. The lowest BCUT2D eigenvalue weighted by Crippen LogP contribution is -2.27. The van der Waals surface area contributed by atoms with Crippen molar-refractivity contribution < 1.29 is 18.3 Å². The van der Waals surface area contributed by atoms with Gasteiger partial charge in [0.2, 0.25) is 0 Å². The van der Waals surface area contributed by atoms with E-state index < -0.39 is 5.91 Å². The normalized spacial score (nSPS) is 9.86. The molecule has 1 amide bonds. The zero-order chi connectivity index (χ0) is 15.8. The molecule has 0 aliphatic heterocycles. The summed E-state index contributed by atoms with van der Waals surface area (Å²) < 4.78 is 23.3. The van der Waals surface area contributed by atoms with Crippen LogP contribution in [0.4, 0.5) is 4.39 Å². The molecule has 1 heterocycles. The minimum Gasteiger partial charge on any atom is -0.492 e. The molecule has 0 unspecified atom stereocenters. The van der Waals surface area contributed by atoms with Crippen LogP contribution in [0.3, 0.4) is 0 Å². The van der Waals surface area contributed by atoms with Crippen LogP contribution in [0.2, 0.25) is 0 Å². The molecular weight excluding hydrogens is 291 g/mol. The molecule has 2 rings (SSSR count). The van der Waals surface area contributed by atoms with Crippen LogP contribution in [-0.2, 0) is 6.54 Å². The van der Waals surface area contributed by atoms with Gasteiger partial charge in [0.05, 0.1) is 13.1 Å². The summed E-state index contributed by atoms with van der Waals surface area (Å²) in [6.45, 7) is 0.559. The minimum absolute atomic E-state index is 0.0530. The number of nitrogens with zero attached hydrogens (tertiary/aromatic N) is 3. The van der Waals surface area contributed by atoms with Crippen molar-refractivity contribution in [3.63, 3.8) is 0 Å². The average molecular weight is 304 g/mol. The Morgan fingerprint density at radius 2 is 2.09 bits per heavy atom. The summed E-state index contributed by atoms with van der Waals surface area (Å²) in [5.41, 5.74) is 8.20. The van der Waals surface area contributed by atoms with Gasteiger partial charge < -0.3 is 14.5 Å². The van der Waals surface area contributed by atoms with Gasteiger partial charge in [0.15, 0.2) is 5.76 Å². The van der Waals surface area contributed by atoms with Crippen LogP contribution in [0.1, 0.15) is 16.3 Å². The van der Waals surface area contributed by atoms with Crippen molar-refractivity contribution in [3.05, 3.63) is 64.2 Å². The molecule has 0 bridgehead atoms. The number of hydrogen-bond acceptors (Lipinski definition) is 4. The summed E-state index contributed by atoms with van der Waals surface area (Å²) in [6, 6.07) is 8.67. The van der Waals surface area contributed by atoms with Crippen LogP contribution < -0.4 is 10.1 Å². The molecule has 2 aromatic rings. The number of carbonyl (C=O) groups is 1. The summed E-state index contributed by atoms with van der Waals surface area (Å²) in [5, 5.41) is 5.95. The molecule has 7 nitrogen and oxygen atoms in total. The van der Waals surface area contributed by atoms with E-state index in [1.54, 1.807) is 6.07 Å². The van der Waals surface area contributed by atoms with Crippen molar-refractivity contribution in [1.82, 2.24) is 5.32 Å². The summed E-state index contributed by atoms with van der Waals surface area (Å²) in [5.74, 6) is 0.325. The number of hydrogen-bond donors (Lipinski definition) is 1. The van der Waals surface area contributed by atoms with Crippen LogP contribution in [0, 0.1) is 5.82 Å². The second-order valence-corrected chi connectivity index (χ2v) is 4.21. The van der Waals surface area contributed by atoms with Crippen molar-refractivity contribution >= 4 is 5.91 Å². The largest absolute Gasteiger partial charge is 0.492 e. The second kappa shape index (κ2) is 7.70. The van der Waals surface area contributed by atoms with Crippen LogP contribution in [0.5, 0.6) is 5.75 Å². The Balaban J connectivity index is 1.74. The highest BCUT2D eigenvalue weighted by Gasteiger charge is 2.10. The summed E-state index contributed by atoms with van der Waals surface area (Å²) in [6.07, 6.45) is 0. The highest BCUT2D eigenvalue weighted by molar-refractivity contribution is 5.91. The number of azide groups is 1. The van der Waals surface area contributed by atoms with Crippen molar-refractivity contribution in [2.24, 2.45) is 5.11 Å². The maximum Gasteiger partial charge on any atom is 0.287 e. The first-order chi connectivity index (χ1) is 10.7. The summed E-state index contributed by atoms with van der Waals surface area (Å²) >= 11 is 0. The lowest BCUT2D eigenvalue weighted by Gasteiger charge is -2.06. The maximum absolute atomic E-state index is 12.7. The van der Waals surface area contributed by atoms with Crippen molar-refractivity contribution in [2.75, 3.05) is 13.2 Å². The number of benzene rings is 1.